The van der Waals surface area contributed by atoms with Gasteiger partial charge in [-0.15, -0.1) is 12.6 Å². The summed E-state index contributed by atoms with van der Waals surface area (Å²) in [6.45, 7) is 5.30. The molecule has 0 spiro atoms. The molecule has 1 atom stereocenters. The van der Waals surface area contributed by atoms with Crippen molar-refractivity contribution in [3.63, 3.8) is 0 Å². The summed E-state index contributed by atoms with van der Waals surface area (Å²) in [5.74, 6) is -1.43. The van der Waals surface area contributed by atoms with Gasteiger partial charge in [0.05, 0.1) is 5.41 Å². The van der Waals surface area contributed by atoms with E-state index >= 15 is 0 Å². The first-order valence-electron chi connectivity index (χ1n) is 5.80. The van der Waals surface area contributed by atoms with E-state index in [0.717, 1.165) is 25.7 Å². The van der Waals surface area contributed by atoms with Gasteiger partial charge in [0.1, 0.15) is 0 Å². The monoisotopic (exact) mass is 246 g/mol. The molecule has 1 N–H and O–H groups in total. The highest BCUT2D eigenvalue weighted by Gasteiger charge is 2.39. The molecule has 0 aliphatic carbocycles. The molecule has 3 nitrogen and oxygen atoms in total. The minimum absolute atomic E-state index is 0.316. The Morgan fingerprint density at radius 3 is 2.19 bits per heavy atom. The molecule has 16 heavy (non-hydrogen) atoms. The number of carbonyl (C=O) groups excluding carboxylic acids is 1. The summed E-state index contributed by atoms with van der Waals surface area (Å²) in [6.07, 6.45) is 4.80. The molecule has 0 amide bonds. The summed E-state index contributed by atoms with van der Waals surface area (Å²) in [5.41, 5.74) is -1.02. The van der Waals surface area contributed by atoms with Crippen LogP contribution in [0.2, 0.25) is 0 Å². The number of carbonyl (C=O) groups is 2. The summed E-state index contributed by atoms with van der Waals surface area (Å²) in [4.78, 5) is 22.4. The Hall–Kier alpha value is -0.510. The van der Waals surface area contributed by atoms with Crippen molar-refractivity contribution in [1.82, 2.24) is 0 Å². The van der Waals surface area contributed by atoms with Crippen molar-refractivity contribution in [2.24, 2.45) is 11.3 Å². The lowest BCUT2D eigenvalue weighted by Gasteiger charge is -2.27. The van der Waals surface area contributed by atoms with Gasteiger partial charge >= 0.3 is 5.97 Å². The van der Waals surface area contributed by atoms with E-state index in [4.69, 9.17) is 5.11 Å². The molecule has 0 aliphatic heterocycles. The van der Waals surface area contributed by atoms with Crippen LogP contribution >= 0.6 is 12.6 Å². The third-order valence-electron chi connectivity index (χ3n) is 3.07. The number of unbranched alkanes of at least 4 members (excludes halogenated alkanes) is 3. The Labute approximate surface area is 103 Å². The number of carboxylic acids is 1. The molecular weight excluding hydrogens is 224 g/mol. The number of hydrogen-bond donors (Lipinski definition) is 2. The summed E-state index contributed by atoms with van der Waals surface area (Å²) in [7, 11) is 0. The van der Waals surface area contributed by atoms with Crippen LogP contribution in [0.15, 0.2) is 0 Å². The summed E-state index contributed by atoms with van der Waals surface area (Å²) in [5, 5.41) is 8.76. The highest BCUT2D eigenvalue weighted by molar-refractivity contribution is 7.96. The van der Waals surface area contributed by atoms with Crippen LogP contribution in [0.5, 0.6) is 0 Å². The largest absolute Gasteiger partial charge is 0.481 e. The van der Waals surface area contributed by atoms with Crippen molar-refractivity contribution in [3.8, 4) is 0 Å². The summed E-state index contributed by atoms with van der Waals surface area (Å²) >= 11 is 3.80. The predicted molar refractivity (Wildman–Crippen MR) is 67.7 cm³/mol. The molecule has 0 fully saturated rings. The molecule has 0 bridgehead atoms. The van der Waals surface area contributed by atoms with E-state index in [1.165, 1.54) is 0 Å². The number of rotatable bonds is 8. The molecule has 1 unspecified atom stereocenters. The van der Waals surface area contributed by atoms with Crippen LogP contribution in [0.3, 0.4) is 0 Å². The van der Waals surface area contributed by atoms with Gasteiger partial charge in [0.15, 0.2) is 5.12 Å². The number of carboxylic acid groups (broad SMARTS) is 1. The van der Waals surface area contributed by atoms with Gasteiger partial charge in [0.25, 0.3) is 0 Å². The SMILES string of the molecule is CCCCCCC(C(=O)S)C(C)(C)C(=O)O. The predicted octanol–water partition coefficient (Wildman–Crippen LogP) is 3.14. The Bertz CT molecular complexity index is 249. The third kappa shape index (κ3) is 4.56. The van der Waals surface area contributed by atoms with Crippen LogP contribution in [0.25, 0.3) is 0 Å². The minimum Gasteiger partial charge on any atom is -0.481 e. The zero-order valence-electron chi connectivity index (χ0n) is 10.3. The molecule has 0 saturated heterocycles. The zero-order chi connectivity index (χ0) is 12.8. The maximum Gasteiger partial charge on any atom is 0.309 e. The molecular formula is C12H22O3S. The van der Waals surface area contributed by atoms with Crippen LogP contribution in [-0.4, -0.2) is 16.2 Å². The lowest BCUT2D eigenvalue weighted by molar-refractivity contribution is -0.152. The van der Waals surface area contributed by atoms with Crippen LogP contribution in [-0.2, 0) is 9.59 Å². The van der Waals surface area contributed by atoms with E-state index in [-0.39, 0.29) is 5.12 Å². The zero-order valence-corrected chi connectivity index (χ0v) is 11.2. The van der Waals surface area contributed by atoms with Crippen molar-refractivity contribution < 1.29 is 14.7 Å². The Kier molecular flexibility index (Phi) is 6.72. The Balaban J connectivity index is 4.39. The molecule has 0 rings (SSSR count). The fourth-order valence-electron chi connectivity index (χ4n) is 1.72. The van der Waals surface area contributed by atoms with Crippen LogP contribution in [0, 0.1) is 11.3 Å². The highest BCUT2D eigenvalue weighted by atomic mass is 32.1. The van der Waals surface area contributed by atoms with Crippen LogP contribution < -0.4 is 0 Å². The quantitative estimate of drug-likeness (QED) is 0.511. The first kappa shape index (κ1) is 15.5. The molecule has 0 aliphatic rings. The van der Waals surface area contributed by atoms with Gasteiger partial charge in [-0.2, -0.15) is 0 Å². The second-order valence-electron chi connectivity index (χ2n) is 4.77. The Morgan fingerprint density at radius 1 is 1.25 bits per heavy atom. The summed E-state index contributed by atoms with van der Waals surface area (Å²) in [6, 6.07) is 0. The van der Waals surface area contributed by atoms with Crippen molar-refractivity contribution in [1.29, 1.82) is 0 Å². The maximum atomic E-state index is 11.4. The lowest BCUT2D eigenvalue weighted by atomic mass is 9.77. The van der Waals surface area contributed by atoms with Crippen LogP contribution in [0.4, 0.5) is 0 Å². The van der Waals surface area contributed by atoms with Gasteiger partial charge in [0, 0.05) is 5.92 Å². The van der Waals surface area contributed by atoms with Crippen molar-refractivity contribution >= 4 is 23.7 Å². The summed E-state index contributed by atoms with van der Waals surface area (Å²) < 4.78 is 0. The van der Waals surface area contributed by atoms with E-state index < -0.39 is 17.3 Å². The molecule has 0 heterocycles. The molecule has 4 heteroatoms. The van der Waals surface area contributed by atoms with Gasteiger partial charge < -0.3 is 5.11 Å². The van der Waals surface area contributed by atoms with Crippen LogP contribution in [0.1, 0.15) is 52.9 Å². The van der Waals surface area contributed by atoms with E-state index in [1.807, 2.05) is 0 Å². The molecule has 0 aromatic rings. The first-order chi connectivity index (χ1) is 7.34. The third-order valence-corrected chi connectivity index (χ3v) is 3.38. The Morgan fingerprint density at radius 2 is 1.81 bits per heavy atom. The molecule has 0 radical (unpaired) electrons. The smallest absolute Gasteiger partial charge is 0.309 e. The van der Waals surface area contributed by atoms with E-state index in [9.17, 15) is 9.59 Å². The first-order valence-corrected chi connectivity index (χ1v) is 6.25. The standard InChI is InChI=1S/C12H22O3S/c1-4-5-6-7-8-9(10(13)16)12(2,3)11(14)15/h9H,4-8H2,1-3H3,(H,13,16)(H,14,15). The number of aliphatic carboxylic acids is 1. The van der Waals surface area contributed by atoms with Gasteiger partial charge in [-0.3, -0.25) is 9.59 Å². The molecule has 0 saturated carbocycles. The van der Waals surface area contributed by atoms with E-state index in [2.05, 4.69) is 19.6 Å². The van der Waals surface area contributed by atoms with E-state index in [1.54, 1.807) is 13.8 Å². The number of thiol groups is 1. The fourth-order valence-corrected chi connectivity index (χ4v) is 2.17. The average Bonchev–Trinajstić information content (AvgIpc) is 2.16. The minimum atomic E-state index is -1.02. The second kappa shape index (κ2) is 6.94. The maximum absolute atomic E-state index is 11.4. The fraction of sp³-hybridized carbons (Fsp3) is 0.833. The number of hydrogen-bond acceptors (Lipinski definition) is 2. The average molecular weight is 246 g/mol. The van der Waals surface area contributed by atoms with Gasteiger partial charge in [-0.25, -0.2) is 0 Å². The normalized spacial score (nSPS) is 13.5. The van der Waals surface area contributed by atoms with Crippen molar-refractivity contribution in [2.45, 2.75) is 52.9 Å². The van der Waals surface area contributed by atoms with Crippen molar-refractivity contribution in [2.75, 3.05) is 0 Å². The van der Waals surface area contributed by atoms with Gasteiger partial charge in [0.2, 0.25) is 0 Å². The second-order valence-corrected chi connectivity index (χ2v) is 5.21. The molecule has 0 aromatic carbocycles. The topological polar surface area (TPSA) is 54.4 Å². The lowest BCUT2D eigenvalue weighted by Crippen LogP contribution is -2.36. The molecule has 0 aromatic heterocycles. The highest BCUT2D eigenvalue weighted by Crippen LogP contribution is 2.33. The van der Waals surface area contributed by atoms with E-state index in [0.29, 0.717) is 6.42 Å². The van der Waals surface area contributed by atoms with Crippen molar-refractivity contribution in [3.05, 3.63) is 0 Å². The van der Waals surface area contributed by atoms with Gasteiger partial charge in [-0.05, 0) is 20.3 Å². The van der Waals surface area contributed by atoms with Gasteiger partial charge in [-0.1, -0.05) is 32.6 Å². The molecule has 94 valence electrons.